The zero-order valence-corrected chi connectivity index (χ0v) is 14.4. The van der Waals surface area contributed by atoms with Crippen LogP contribution >= 0.6 is 0 Å². The molecule has 0 fully saturated rings. The van der Waals surface area contributed by atoms with Crippen molar-refractivity contribution in [2.75, 3.05) is 17.6 Å². The van der Waals surface area contributed by atoms with Crippen molar-refractivity contribution < 1.29 is 5.11 Å². The topological polar surface area (TPSA) is 100 Å². The summed E-state index contributed by atoms with van der Waals surface area (Å²) < 4.78 is 0. The number of nitrogens with zero attached hydrogens (tertiary/aromatic N) is 4. The van der Waals surface area contributed by atoms with Gasteiger partial charge in [-0.15, -0.1) is 0 Å². The maximum Gasteiger partial charge on any atom is 0.222 e. The lowest BCUT2D eigenvalue weighted by molar-refractivity contribution is 0.281. The van der Waals surface area contributed by atoms with Crippen molar-refractivity contribution in [1.29, 1.82) is 0 Å². The monoisotopic (exact) mass is 340 g/mol. The molecule has 0 amide bonds. The minimum Gasteiger partial charge on any atom is -0.392 e. The van der Waals surface area contributed by atoms with E-state index < -0.39 is 0 Å². The molecular formula is C18H24N6O. The highest BCUT2D eigenvalue weighted by Gasteiger charge is 2.18. The zero-order valence-electron chi connectivity index (χ0n) is 14.4. The highest BCUT2D eigenvalue weighted by atomic mass is 16.3. The number of hydrogen-bond donors (Lipinski definition) is 3. The molecule has 3 rings (SSSR count). The molecule has 132 valence electrons. The molecule has 7 heteroatoms. The van der Waals surface area contributed by atoms with Crippen molar-refractivity contribution in [3.05, 3.63) is 47.0 Å². The molecule has 1 aliphatic heterocycles. The van der Waals surface area contributed by atoms with E-state index >= 15 is 0 Å². The summed E-state index contributed by atoms with van der Waals surface area (Å²) in [7, 11) is 0. The Morgan fingerprint density at radius 3 is 2.92 bits per heavy atom. The van der Waals surface area contributed by atoms with Crippen LogP contribution in [0.3, 0.4) is 0 Å². The highest BCUT2D eigenvalue weighted by molar-refractivity contribution is 5.61. The van der Waals surface area contributed by atoms with E-state index in [1.807, 2.05) is 24.4 Å². The lowest BCUT2D eigenvalue weighted by Crippen LogP contribution is -2.23. The Hall–Kier alpha value is -2.67. The number of hydrogen-bond acceptors (Lipinski definition) is 7. The fourth-order valence-electron chi connectivity index (χ4n) is 2.73. The van der Waals surface area contributed by atoms with Gasteiger partial charge in [-0.2, -0.15) is 4.98 Å². The molecule has 2 aromatic heterocycles. The van der Waals surface area contributed by atoms with Crippen molar-refractivity contribution in [3.63, 3.8) is 0 Å². The van der Waals surface area contributed by atoms with Crippen LogP contribution in [-0.2, 0) is 19.7 Å². The van der Waals surface area contributed by atoms with Gasteiger partial charge in [0.1, 0.15) is 5.82 Å². The van der Waals surface area contributed by atoms with Gasteiger partial charge in [0.2, 0.25) is 5.95 Å². The number of aliphatic hydroxyl groups excluding tert-OH is 1. The normalized spacial score (nSPS) is 13.0. The standard InChI is InChI=1S/C18H24N6O/c1-2-3-7-20-17-15-11-24(8-6-16(15)22-18(19)23-17)10-14-5-4-13(12-25)9-21-14/h4-6,8-9,25H,2-3,7,10-12H2,1H3,(H3,19,20,22,23). The summed E-state index contributed by atoms with van der Waals surface area (Å²) in [4.78, 5) is 15.3. The minimum atomic E-state index is 0.00974. The van der Waals surface area contributed by atoms with Gasteiger partial charge in [0.25, 0.3) is 0 Å². The molecule has 0 aliphatic carbocycles. The minimum absolute atomic E-state index is 0.00974. The average Bonchev–Trinajstić information content (AvgIpc) is 2.63. The van der Waals surface area contributed by atoms with Gasteiger partial charge in [-0.3, -0.25) is 4.98 Å². The molecule has 0 atom stereocenters. The van der Waals surface area contributed by atoms with E-state index in [0.717, 1.165) is 47.7 Å². The summed E-state index contributed by atoms with van der Waals surface area (Å²) in [6.45, 7) is 4.42. The molecule has 25 heavy (non-hydrogen) atoms. The first-order chi connectivity index (χ1) is 12.2. The van der Waals surface area contributed by atoms with Gasteiger partial charge in [-0.1, -0.05) is 19.4 Å². The zero-order chi connectivity index (χ0) is 17.6. The van der Waals surface area contributed by atoms with Crippen LogP contribution in [0.4, 0.5) is 11.8 Å². The Morgan fingerprint density at radius 2 is 2.20 bits per heavy atom. The number of fused-ring (bicyclic) bond motifs is 1. The van der Waals surface area contributed by atoms with Gasteiger partial charge in [0.05, 0.1) is 24.5 Å². The predicted octanol–water partition coefficient (Wildman–Crippen LogP) is 2.14. The summed E-state index contributed by atoms with van der Waals surface area (Å²) in [5, 5.41) is 12.5. The third kappa shape index (κ3) is 4.24. The van der Waals surface area contributed by atoms with Gasteiger partial charge < -0.3 is 21.1 Å². The van der Waals surface area contributed by atoms with E-state index in [-0.39, 0.29) is 12.6 Å². The smallest absolute Gasteiger partial charge is 0.222 e. The Balaban J connectivity index is 1.75. The third-order valence-electron chi connectivity index (χ3n) is 4.12. The number of nitrogens with two attached hydrogens (primary N) is 1. The summed E-state index contributed by atoms with van der Waals surface area (Å²) in [6, 6.07) is 3.83. The number of pyridine rings is 1. The van der Waals surface area contributed by atoms with Crippen LogP contribution in [0, 0.1) is 0 Å². The molecule has 7 nitrogen and oxygen atoms in total. The number of nitrogens with one attached hydrogen (secondary N) is 1. The second-order valence-corrected chi connectivity index (χ2v) is 6.11. The predicted molar refractivity (Wildman–Crippen MR) is 98.3 cm³/mol. The second kappa shape index (κ2) is 7.94. The van der Waals surface area contributed by atoms with Crippen LogP contribution in [-0.4, -0.2) is 31.5 Å². The van der Waals surface area contributed by atoms with Gasteiger partial charge in [-0.05, 0) is 24.1 Å². The van der Waals surface area contributed by atoms with Crippen LogP contribution in [0.5, 0.6) is 0 Å². The van der Waals surface area contributed by atoms with E-state index in [2.05, 4.69) is 32.1 Å². The molecule has 0 saturated carbocycles. The highest BCUT2D eigenvalue weighted by Crippen LogP contribution is 2.26. The van der Waals surface area contributed by atoms with Crippen LogP contribution in [0.1, 0.15) is 42.3 Å². The first kappa shape index (κ1) is 17.2. The Labute approximate surface area is 147 Å². The van der Waals surface area contributed by atoms with Crippen molar-refractivity contribution in [2.45, 2.75) is 39.5 Å². The van der Waals surface area contributed by atoms with Gasteiger partial charge >= 0.3 is 0 Å². The average molecular weight is 340 g/mol. The Bertz CT molecular complexity index is 744. The molecule has 0 unspecified atom stereocenters. The van der Waals surface area contributed by atoms with Crippen LogP contribution in [0.2, 0.25) is 0 Å². The Morgan fingerprint density at radius 1 is 1.32 bits per heavy atom. The number of unbranched alkanes of at least 4 members (excludes halogenated alkanes) is 1. The number of anilines is 2. The molecule has 0 radical (unpaired) electrons. The molecule has 2 aromatic rings. The first-order valence-electron chi connectivity index (χ1n) is 8.56. The quantitative estimate of drug-likeness (QED) is 0.664. The molecule has 0 spiro atoms. The lowest BCUT2D eigenvalue weighted by Gasteiger charge is -2.26. The van der Waals surface area contributed by atoms with Gasteiger partial charge in [0, 0.05) is 31.0 Å². The first-order valence-corrected chi connectivity index (χ1v) is 8.56. The molecule has 1 aliphatic rings. The largest absolute Gasteiger partial charge is 0.392 e. The third-order valence-corrected chi connectivity index (χ3v) is 4.12. The van der Waals surface area contributed by atoms with E-state index in [9.17, 15) is 0 Å². The molecule has 0 saturated heterocycles. The van der Waals surface area contributed by atoms with Crippen molar-refractivity contribution in [3.8, 4) is 0 Å². The number of rotatable bonds is 7. The van der Waals surface area contributed by atoms with Crippen molar-refractivity contribution in [2.24, 2.45) is 0 Å². The van der Waals surface area contributed by atoms with E-state index in [0.29, 0.717) is 13.1 Å². The van der Waals surface area contributed by atoms with Gasteiger partial charge in [-0.25, -0.2) is 4.98 Å². The van der Waals surface area contributed by atoms with E-state index in [4.69, 9.17) is 10.8 Å². The molecule has 4 N–H and O–H groups in total. The summed E-state index contributed by atoms with van der Waals surface area (Å²) >= 11 is 0. The summed E-state index contributed by atoms with van der Waals surface area (Å²) in [5.41, 5.74) is 9.52. The number of aromatic nitrogens is 3. The summed E-state index contributed by atoms with van der Waals surface area (Å²) in [6.07, 6.45) is 7.88. The van der Waals surface area contributed by atoms with Crippen LogP contribution in [0.15, 0.2) is 24.5 Å². The number of aliphatic hydroxyl groups is 1. The fraction of sp³-hybridized carbons (Fsp3) is 0.389. The SMILES string of the molecule is CCCCNc1nc(N)nc2c1CN(Cc1ccc(CO)cn1)C=C2. The Kier molecular flexibility index (Phi) is 5.45. The molecule has 3 heterocycles. The molecular weight excluding hydrogens is 316 g/mol. The second-order valence-electron chi connectivity index (χ2n) is 6.11. The van der Waals surface area contributed by atoms with Gasteiger partial charge in [0.15, 0.2) is 0 Å². The van der Waals surface area contributed by atoms with Crippen molar-refractivity contribution in [1.82, 2.24) is 19.9 Å². The van der Waals surface area contributed by atoms with Crippen LogP contribution in [0.25, 0.3) is 6.08 Å². The van der Waals surface area contributed by atoms with Crippen molar-refractivity contribution >= 4 is 17.8 Å². The number of nitrogen functional groups attached to an aromatic ring is 1. The summed E-state index contributed by atoms with van der Waals surface area (Å²) in [5.74, 6) is 1.10. The maximum absolute atomic E-state index is 9.11. The van der Waals surface area contributed by atoms with E-state index in [1.54, 1.807) is 6.20 Å². The van der Waals surface area contributed by atoms with E-state index in [1.165, 1.54) is 0 Å². The fourth-order valence-corrected chi connectivity index (χ4v) is 2.73. The molecule has 0 bridgehead atoms. The lowest BCUT2D eigenvalue weighted by atomic mass is 10.1. The maximum atomic E-state index is 9.11. The molecule has 0 aromatic carbocycles. The van der Waals surface area contributed by atoms with Crippen LogP contribution < -0.4 is 11.1 Å².